The van der Waals surface area contributed by atoms with Crippen LogP contribution in [0, 0.1) is 0 Å². The van der Waals surface area contributed by atoms with Gasteiger partial charge in [-0.3, -0.25) is 0 Å². The van der Waals surface area contributed by atoms with Crippen LogP contribution in [0.2, 0.25) is 0 Å². The third-order valence-corrected chi connectivity index (χ3v) is 3.62. The molecular formula is C18H20N4. The summed E-state index contributed by atoms with van der Waals surface area (Å²) in [7, 11) is 2.06. The van der Waals surface area contributed by atoms with Gasteiger partial charge in [0.2, 0.25) is 0 Å². The number of para-hydroxylation sites is 1. The number of hydrogen-bond donors (Lipinski definition) is 1. The van der Waals surface area contributed by atoms with E-state index in [1.165, 1.54) is 5.56 Å². The van der Waals surface area contributed by atoms with Gasteiger partial charge in [0, 0.05) is 25.4 Å². The van der Waals surface area contributed by atoms with Gasteiger partial charge in [-0.05, 0) is 24.2 Å². The Bertz CT molecular complexity index is 755. The molecule has 1 aromatic heterocycles. The van der Waals surface area contributed by atoms with Gasteiger partial charge < -0.3 is 10.6 Å². The number of aromatic nitrogens is 2. The van der Waals surface area contributed by atoms with E-state index in [0.717, 1.165) is 29.1 Å². The molecule has 0 atom stereocenters. The fourth-order valence-corrected chi connectivity index (χ4v) is 2.57. The topological polar surface area (TPSA) is 55.0 Å². The van der Waals surface area contributed by atoms with E-state index in [9.17, 15) is 0 Å². The van der Waals surface area contributed by atoms with Crippen LogP contribution in [-0.2, 0) is 13.0 Å². The van der Waals surface area contributed by atoms with Gasteiger partial charge in [-0.2, -0.15) is 0 Å². The van der Waals surface area contributed by atoms with Crippen LogP contribution in [0.15, 0.2) is 54.6 Å². The minimum atomic E-state index is 0.556. The molecule has 0 saturated heterocycles. The summed E-state index contributed by atoms with van der Waals surface area (Å²) >= 11 is 0. The number of nitrogens with zero attached hydrogens (tertiary/aromatic N) is 3. The second-order valence-corrected chi connectivity index (χ2v) is 5.36. The predicted octanol–water partition coefficient (Wildman–Crippen LogP) is 2.77. The molecule has 0 fully saturated rings. The van der Waals surface area contributed by atoms with Crippen molar-refractivity contribution < 1.29 is 0 Å². The molecule has 4 nitrogen and oxygen atoms in total. The van der Waals surface area contributed by atoms with Crippen LogP contribution in [0.5, 0.6) is 0 Å². The molecule has 0 aliphatic heterocycles. The Morgan fingerprint density at radius 2 is 1.68 bits per heavy atom. The van der Waals surface area contributed by atoms with E-state index in [0.29, 0.717) is 13.0 Å². The summed E-state index contributed by atoms with van der Waals surface area (Å²) in [6.45, 7) is 1.37. The smallest absolute Gasteiger partial charge is 0.140 e. The van der Waals surface area contributed by atoms with E-state index in [1.54, 1.807) is 0 Å². The Labute approximate surface area is 130 Å². The second kappa shape index (κ2) is 6.54. The van der Waals surface area contributed by atoms with Crippen molar-refractivity contribution in [3.8, 4) is 0 Å². The van der Waals surface area contributed by atoms with Crippen molar-refractivity contribution in [3.63, 3.8) is 0 Å². The van der Waals surface area contributed by atoms with Gasteiger partial charge in [0.25, 0.3) is 0 Å². The Morgan fingerprint density at radius 1 is 0.955 bits per heavy atom. The van der Waals surface area contributed by atoms with Crippen LogP contribution in [0.25, 0.3) is 10.9 Å². The van der Waals surface area contributed by atoms with Crippen molar-refractivity contribution in [1.82, 2.24) is 9.97 Å². The second-order valence-electron chi connectivity index (χ2n) is 5.36. The van der Waals surface area contributed by atoms with Crippen molar-refractivity contribution in [2.24, 2.45) is 5.73 Å². The minimum absolute atomic E-state index is 0.556. The maximum atomic E-state index is 5.66. The first kappa shape index (κ1) is 14.5. The molecule has 0 saturated carbocycles. The number of fused-ring (bicyclic) bond motifs is 1. The molecule has 3 rings (SSSR count). The zero-order valence-electron chi connectivity index (χ0n) is 12.7. The average molecular weight is 292 g/mol. The average Bonchev–Trinajstić information content (AvgIpc) is 2.55. The fourth-order valence-electron chi connectivity index (χ4n) is 2.57. The van der Waals surface area contributed by atoms with Crippen LogP contribution >= 0.6 is 0 Å². The van der Waals surface area contributed by atoms with Crippen molar-refractivity contribution in [2.45, 2.75) is 13.0 Å². The lowest BCUT2D eigenvalue weighted by molar-refractivity contribution is 0.845. The largest absolute Gasteiger partial charge is 0.355 e. The molecule has 3 aromatic rings. The van der Waals surface area contributed by atoms with Gasteiger partial charge in [-0.15, -0.1) is 0 Å². The van der Waals surface area contributed by atoms with Crippen molar-refractivity contribution in [1.29, 1.82) is 0 Å². The molecule has 0 radical (unpaired) electrons. The molecular weight excluding hydrogens is 272 g/mol. The molecule has 1 heterocycles. The Kier molecular flexibility index (Phi) is 4.30. The number of hydrogen-bond acceptors (Lipinski definition) is 4. The van der Waals surface area contributed by atoms with E-state index in [-0.39, 0.29) is 0 Å². The lowest BCUT2D eigenvalue weighted by Gasteiger charge is -2.20. The lowest BCUT2D eigenvalue weighted by Crippen LogP contribution is -2.19. The summed E-state index contributed by atoms with van der Waals surface area (Å²) in [4.78, 5) is 11.5. The summed E-state index contributed by atoms with van der Waals surface area (Å²) in [6.07, 6.45) is 0.691. The normalized spacial score (nSPS) is 10.8. The number of rotatable bonds is 5. The minimum Gasteiger partial charge on any atom is -0.355 e. The number of benzene rings is 2. The van der Waals surface area contributed by atoms with Crippen LogP contribution in [-0.4, -0.2) is 23.6 Å². The number of anilines is 1. The summed E-state index contributed by atoms with van der Waals surface area (Å²) in [5, 5.41) is 1.07. The predicted molar refractivity (Wildman–Crippen MR) is 90.8 cm³/mol. The highest BCUT2D eigenvalue weighted by Crippen LogP contribution is 2.24. The molecule has 2 aromatic carbocycles. The van der Waals surface area contributed by atoms with Gasteiger partial charge in [0.1, 0.15) is 11.6 Å². The van der Waals surface area contributed by atoms with Crippen LogP contribution < -0.4 is 10.6 Å². The molecule has 22 heavy (non-hydrogen) atoms. The number of nitrogens with two attached hydrogens (primary N) is 1. The Hall–Kier alpha value is -2.46. The van der Waals surface area contributed by atoms with E-state index >= 15 is 0 Å². The molecule has 0 spiro atoms. The first-order valence-electron chi connectivity index (χ1n) is 7.48. The van der Waals surface area contributed by atoms with E-state index in [4.69, 9.17) is 10.7 Å². The molecule has 2 N–H and O–H groups in total. The third kappa shape index (κ3) is 3.07. The summed E-state index contributed by atoms with van der Waals surface area (Å²) < 4.78 is 0. The van der Waals surface area contributed by atoms with Crippen molar-refractivity contribution in [3.05, 3.63) is 66.0 Å². The Balaban J connectivity index is 2.00. The monoisotopic (exact) mass is 292 g/mol. The Morgan fingerprint density at radius 3 is 2.45 bits per heavy atom. The van der Waals surface area contributed by atoms with E-state index < -0.39 is 0 Å². The maximum Gasteiger partial charge on any atom is 0.140 e. The standard InChI is InChI=1S/C18H20N4/c1-22(13-14-7-3-2-4-8-14)18-15-9-5-6-10-16(15)20-17(21-18)11-12-19/h2-10H,11-13,19H2,1H3. The van der Waals surface area contributed by atoms with E-state index in [1.807, 2.05) is 24.3 Å². The zero-order chi connectivity index (χ0) is 15.4. The molecule has 0 aliphatic carbocycles. The van der Waals surface area contributed by atoms with Crippen molar-refractivity contribution in [2.75, 3.05) is 18.5 Å². The molecule has 0 unspecified atom stereocenters. The highest BCUT2D eigenvalue weighted by molar-refractivity contribution is 5.89. The van der Waals surface area contributed by atoms with Crippen LogP contribution in [0.1, 0.15) is 11.4 Å². The molecule has 0 aliphatic rings. The summed E-state index contributed by atoms with van der Waals surface area (Å²) in [6, 6.07) is 18.5. The van der Waals surface area contributed by atoms with Gasteiger partial charge in [-0.1, -0.05) is 42.5 Å². The zero-order valence-corrected chi connectivity index (χ0v) is 12.7. The molecule has 0 bridgehead atoms. The first-order valence-corrected chi connectivity index (χ1v) is 7.48. The lowest BCUT2D eigenvalue weighted by atomic mass is 10.2. The van der Waals surface area contributed by atoms with Gasteiger partial charge >= 0.3 is 0 Å². The third-order valence-electron chi connectivity index (χ3n) is 3.62. The molecule has 4 heteroatoms. The summed E-state index contributed by atoms with van der Waals surface area (Å²) in [5.74, 6) is 1.76. The van der Waals surface area contributed by atoms with Gasteiger partial charge in [-0.25, -0.2) is 9.97 Å². The SMILES string of the molecule is CN(Cc1ccccc1)c1nc(CCN)nc2ccccc12. The maximum absolute atomic E-state index is 5.66. The first-order chi connectivity index (χ1) is 10.8. The fraction of sp³-hybridized carbons (Fsp3) is 0.222. The van der Waals surface area contributed by atoms with Gasteiger partial charge in [0.15, 0.2) is 0 Å². The van der Waals surface area contributed by atoms with Crippen LogP contribution in [0.3, 0.4) is 0 Å². The molecule has 112 valence electrons. The highest BCUT2D eigenvalue weighted by atomic mass is 15.2. The van der Waals surface area contributed by atoms with E-state index in [2.05, 4.69) is 47.3 Å². The van der Waals surface area contributed by atoms with Gasteiger partial charge in [0.05, 0.1) is 5.52 Å². The van der Waals surface area contributed by atoms with Crippen molar-refractivity contribution >= 4 is 16.7 Å². The quantitative estimate of drug-likeness (QED) is 0.785. The summed E-state index contributed by atoms with van der Waals surface area (Å²) in [5.41, 5.74) is 7.89. The molecule has 0 amide bonds. The van der Waals surface area contributed by atoms with Crippen LogP contribution in [0.4, 0.5) is 5.82 Å². The highest BCUT2D eigenvalue weighted by Gasteiger charge is 2.11.